The Morgan fingerprint density at radius 3 is 1.56 bits per heavy atom. The largest absolute Gasteiger partial charge is 0.462 e. The zero-order chi connectivity index (χ0) is 20.1. The first kappa shape index (κ1) is 23.5. The van der Waals surface area contributed by atoms with E-state index in [1.807, 2.05) is 12.2 Å². The lowest BCUT2D eigenvalue weighted by atomic mass is 9.86. The third-order valence-corrected chi connectivity index (χ3v) is 4.91. The van der Waals surface area contributed by atoms with Crippen molar-refractivity contribution in [2.24, 2.45) is 5.41 Å². The van der Waals surface area contributed by atoms with Crippen LogP contribution in [0, 0.1) is 5.41 Å². The lowest BCUT2D eigenvalue weighted by molar-refractivity contribution is -0.142. The van der Waals surface area contributed by atoms with Crippen LogP contribution in [0.25, 0.3) is 0 Å². The number of unbranched alkanes of at least 4 members (excludes halogenated alkanes) is 6. The molecule has 0 N–H and O–H groups in total. The second kappa shape index (κ2) is 12.7. The summed E-state index contributed by atoms with van der Waals surface area (Å²) in [5.74, 6) is -0.809. The topological polar surface area (TPSA) is 52.6 Å². The van der Waals surface area contributed by atoms with E-state index in [4.69, 9.17) is 9.47 Å². The first-order chi connectivity index (χ1) is 12.9. The number of ether oxygens (including phenoxy) is 2. The second-order valence-electron chi connectivity index (χ2n) is 8.20. The van der Waals surface area contributed by atoms with E-state index in [1.54, 1.807) is 0 Å². The molecule has 0 fully saturated rings. The smallest absolute Gasteiger partial charge is 0.338 e. The predicted octanol–water partition coefficient (Wildman–Crippen LogP) is 5.91. The first-order valence-electron chi connectivity index (χ1n) is 10.7. The van der Waals surface area contributed by atoms with Gasteiger partial charge < -0.3 is 9.47 Å². The molecule has 0 radical (unpaired) electrons. The van der Waals surface area contributed by atoms with Crippen molar-refractivity contribution in [3.05, 3.63) is 23.3 Å². The van der Waals surface area contributed by atoms with Crippen LogP contribution in [0.2, 0.25) is 0 Å². The molecule has 27 heavy (non-hydrogen) atoms. The zero-order valence-electron chi connectivity index (χ0n) is 17.8. The minimum atomic E-state index is -0.404. The zero-order valence-corrected chi connectivity index (χ0v) is 17.8. The summed E-state index contributed by atoms with van der Waals surface area (Å²) in [6.45, 7) is 9.36. The van der Waals surface area contributed by atoms with Crippen LogP contribution in [0.5, 0.6) is 0 Å². The highest BCUT2D eigenvalue weighted by molar-refractivity contribution is 6.07. The normalized spacial score (nSPS) is 16.1. The van der Waals surface area contributed by atoms with Gasteiger partial charge >= 0.3 is 11.9 Å². The lowest BCUT2D eigenvalue weighted by Gasteiger charge is -2.19. The Bertz CT molecular complexity index is 482. The molecule has 0 bridgehead atoms. The fraction of sp³-hybridized carbons (Fsp3) is 0.739. The van der Waals surface area contributed by atoms with Crippen molar-refractivity contribution in [3.63, 3.8) is 0 Å². The van der Waals surface area contributed by atoms with E-state index in [1.165, 1.54) is 0 Å². The number of hydrogen-bond acceptors (Lipinski definition) is 4. The van der Waals surface area contributed by atoms with Gasteiger partial charge in [-0.2, -0.15) is 0 Å². The van der Waals surface area contributed by atoms with Crippen LogP contribution in [-0.2, 0) is 19.1 Å². The molecule has 0 atom stereocenters. The van der Waals surface area contributed by atoms with Crippen molar-refractivity contribution < 1.29 is 19.1 Å². The van der Waals surface area contributed by atoms with Crippen LogP contribution in [0.3, 0.4) is 0 Å². The molecule has 0 aromatic heterocycles. The van der Waals surface area contributed by atoms with Crippen molar-refractivity contribution in [2.75, 3.05) is 13.2 Å². The SMILES string of the molecule is CCCCCCOC(=O)C1=CCC(C)(C)CC=C1C(=O)OCCCCCC. The number of carbonyl (C=O) groups is 2. The summed E-state index contributed by atoms with van der Waals surface area (Å²) in [5.41, 5.74) is 0.750. The van der Waals surface area contributed by atoms with Crippen molar-refractivity contribution in [1.29, 1.82) is 0 Å². The van der Waals surface area contributed by atoms with Gasteiger partial charge in [-0.15, -0.1) is 0 Å². The van der Waals surface area contributed by atoms with Gasteiger partial charge in [0.2, 0.25) is 0 Å². The molecule has 4 heteroatoms. The minimum Gasteiger partial charge on any atom is -0.462 e. The van der Waals surface area contributed by atoms with E-state index < -0.39 is 11.9 Å². The van der Waals surface area contributed by atoms with Gasteiger partial charge in [-0.05, 0) is 31.1 Å². The highest BCUT2D eigenvalue weighted by Gasteiger charge is 2.28. The molecule has 0 unspecified atom stereocenters. The average Bonchev–Trinajstić information content (AvgIpc) is 2.79. The summed E-state index contributed by atoms with van der Waals surface area (Å²) < 4.78 is 10.9. The van der Waals surface area contributed by atoms with Crippen molar-refractivity contribution in [3.8, 4) is 0 Å². The average molecular weight is 379 g/mol. The van der Waals surface area contributed by atoms with Gasteiger partial charge in [0.25, 0.3) is 0 Å². The molecule has 0 spiro atoms. The van der Waals surface area contributed by atoms with Gasteiger partial charge in [-0.3, -0.25) is 0 Å². The number of carbonyl (C=O) groups excluding carboxylic acids is 2. The van der Waals surface area contributed by atoms with Crippen molar-refractivity contribution in [1.82, 2.24) is 0 Å². The lowest BCUT2D eigenvalue weighted by Crippen LogP contribution is -2.18. The summed E-state index contributed by atoms with van der Waals surface area (Å²) in [4.78, 5) is 25.2. The third-order valence-electron chi connectivity index (χ3n) is 4.91. The molecule has 0 heterocycles. The van der Waals surface area contributed by atoms with Crippen LogP contribution in [0.15, 0.2) is 23.3 Å². The molecular weight excluding hydrogens is 340 g/mol. The number of allylic oxidation sites excluding steroid dienone is 2. The van der Waals surface area contributed by atoms with E-state index in [0.29, 0.717) is 24.4 Å². The molecule has 0 aliphatic heterocycles. The fourth-order valence-electron chi connectivity index (χ4n) is 2.99. The summed E-state index contributed by atoms with van der Waals surface area (Å²) in [6, 6.07) is 0. The molecule has 4 nitrogen and oxygen atoms in total. The van der Waals surface area contributed by atoms with Crippen molar-refractivity contribution >= 4 is 11.9 Å². The fourth-order valence-corrected chi connectivity index (χ4v) is 2.99. The highest BCUT2D eigenvalue weighted by atomic mass is 16.5. The maximum atomic E-state index is 12.6. The van der Waals surface area contributed by atoms with Gasteiger partial charge in [0.1, 0.15) is 0 Å². The Hall–Kier alpha value is -1.58. The molecule has 0 aromatic carbocycles. The molecule has 1 aliphatic rings. The van der Waals surface area contributed by atoms with Crippen molar-refractivity contribution in [2.45, 2.75) is 91.9 Å². The number of rotatable bonds is 12. The van der Waals surface area contributed by atoms with Gasteiger partial charge in [0, 0.05) is 0 Å². The molecule has 0 aromatic rings. The Kier molecular flexibility index (Phi) is 11.1. The first-order valence-corrected chi connectivity index (χ1v) is 10.7. The Morgan fingerprint density at radius 1 is 0.778 bits per heavy atom. The van der Waals surface area contributed by atoms with Crippen LogP contribution in [0.4, 0.5) is 0 Å². The second-order valence-corrected chi connectivity index (χ2v) is 8.20. The van der Waals surface area contributed by atoms with Gasteiger partial charge in [-0.1, -0.05) is 78.4 Å². The molecule has 0 saturated carbocycles. The Morgan fingerprint density at radius 2 is 1.19 bits per heavy atom. The van der Waals surface area contributed by atoms with E-state index in [0.717, 1.165) is 64.2 Å². The van der Waals surface area contributed by atoms with Gasteiger partial charge in [0.05, 0.1) is 24.4 Å². The Balaban J connectivity index is 2.70. The third kappa shape index (κ3) is 9.25. The molecule has 0 saturated heterocycles. The van der Waals surface area contributed by atoms with Gasteiger partial charge in [-0.25, -0.2) is 9.59 Å². The predicted molar refractivity (Wildman–Crippen MR) is 109 cm³/mol. The molecule has 154 valence electrons. The maximum absolute atomic E-state index is 12.6. The summed E-state index contributed by atoms with van der Waals surface area (Å²) in [5, 5.41) is 0. The quantitative estimate of drug-likeness (QED) is 0.313. The summed E-state index contributed by atoms with van der Waals surface area (Å²) >= 11 is 0. The van der Waals surface area contributed by atoms with E-state index >= 15 is 0 Å². The van der Waals surface area contributed by atoms with Crippen LogP contribution in [-0.4, -0.2) is 25.2 Å². The number of hydrogen-bond donors (Lipinski definition) is 0. The maximum Gasteiger partial charge on any atom is 0.338 e. The minimum absolute atomic E-state index is 0.00973. The standard InChI is InChI=1S/C23H38O4/c1-5-7-9-11-17-26-21(24)19-13-15-23(3,4)16-14-20(19)22(25)27-18-12-10-8-6-2/h13-14H,5-12,15-18H2,1-4H3. The van der Waals surface area contributed by atoms with E-state index in [9.17, 15) is 9.59 Å². The summed E-state index contributed by atoms with van der Waals surface area (Å²) in [7, 11) is 0. The Labute approximate surface area is 165 Å². The molecule has 1 aliphatic carbocycles. The molecule has 0 amide bonds. The molecular formula is C23H38O4. The summed E-state index contributed by atoms with van der Waals surface area (Å²) in [6.07, 6.45) is 13.6. The molecule has 1 rings (SSSR count). The van der Waals surface area contributed by atoms with E-state index in [-0.39, 0.29) is 5.41 Å². The highest BCUT2D eigenvalue weighted by Crippen LogP contribution is 2.33. The van der Waals surface area contributed by atoms with Crippen LogP contribution < -0.4 is 0 Å². The van der Waals surface area contributed by atoms with E-state index in [2.05, 4.69) is 27.7 Å². The monoisotopic (exact) mass is 378 g/mol. The van der Waals surface area contributed by atoms with Crippen LogP contribution >= 0.6 is 0 Å². The van der Waals surface area contributed by atoms with Gasteiger partial charge in [0.15, 0.2) is 0 Å². The van der Waals surface area contributed by atoms with Crippen LogP contribution in [0.1, 0.15) is 91.9 Å². The number of esters is 2.